The zero-order valence-corrected chi connectivity index (χ0v) is 8.16. The van der Waals surface area contributed by atoms with Crippen LogP contribution >= 0.6 is 12.4 Å². The first-order valence-electron chi connectivity index (χ1n) is 3.98. The van der Waals surface area contributed by atoms with E-state index in [1.165, 1.54) is 0 Å². The van der Waals surface area contributed by atoms with Crippen LogP contribution in [0.1, 0.15) is 6.42 Å². The van der Waals surface area contributed by atoms with Gasteiger partial charge in [-0.05, 0) is 23.8 Å². The first-order chi connectivity index (χ1) is 6.40. The fourth-order valence-electron chi connectivity index (χ4n) is 1.25. The summed E-state index contributed by atoms with van der Waals surface area (Å²) in [7, 11) is 0. The van der Waals surface area contributed by atoms with Gasteiger partial charge in [-0.2, -0.15) is 15.5 Å². The number of halogens is 1. The lowest BCUT2D eigenvalue weighted by atomic mass is 9.98. The SMILES string of the molecule is Cl.N#CC1=CC=C2N=NC=CC=C2C1. The maximum atomic E-state index is 8.70. The van der Waals surface area contributed by atoms with Crippen molar-refractivity contribution in [3.8, 4) is 6.07 Å². The zero-order chi connectivity index (χ0) is 9.10. The Balaban J connectivity index is 0.000000980. The summed E-state index contributed by atoms with van der Waals surface area (Å²) < 4.78 is 0. The van der Waals surface area contributed by atoms with Gasteiger partial charge < -0.3 is 0 Å². The molecule has 0 aromatic heterocycles. The number of nitrogens with zero attached hydrogens (tertiary/aromatic N) is 3. The molecule has 0 spiro atoms. The lowest BCUT2D eigenvalue weighted by Gasteiger charge is -2.08. The second kappa shape index (κ2) is 4.54. The molecule has 0 atom stereocenters. The Morgan fingerprint density at radius 2 is 2.14 bits per heavy atom. The molecule has 0 saturated heterocycles. The normalized spacial score (nSPS) is 17.8. The molecule has 0 aromatic carbocycles. The lowest BCUT2D eigenvalue weighted by molar-refractivity contribution is 1.06. The average Bonchev–Trinajstić information content (AvgIpc) is 2.41. The minimum absolute atomic E-state index is 0. The van der Waals surface area contributed by atoms with E-state index in [2.05, 4.69) is 16.3 Å². The highest BCUT2D eigenvalue weighted by molar-refractivity contribution is 5.85. The molecule has 1 aliphatic heterocycles. The molecule has 14 heavy (non-hydrogen) atoms. The molecule has 2 rings (SSSR count). The number of rotatable bonds is 0. The Morgan fingerprint density at radius 1 is 1.29 bits per heavy atom. The van der Waals surface area contributed by atoms with Gasteiger partial charge in [0, 0.05) is 18.2 Å². The maximum Gasteiger partial charge on any atom is 0.0950 e. The average molecular weight is 206 g/mol. The molecule has 0 bridgehead atoms. The van der Waals surface area contributed by atoms with Crippen LogP contribution in [0.25, 0.3) is 0 Å². The summed E-state index contributed by atoms with van der Waals surface area (Å²) in [6.07, 6.45) is 9.68. The third-order valence-corrected chi connectivity index (χ3v) is 1.91. The van der Waals surface area contributed by atoms with Crippen molar-refractivity contribution in [2.45, 2.75) is 6.42 Å². The molecule has 0 N–H and O–H groups in total. The molecule has 70 valence electrons. The lowest BCUT2D eigenvalue weighted by Crippen LogP contribution is -1.93. The van der Waals surface area contributed by atoms with Gasteiger partial charge in [-0.15, -0.1) is 12.4 Å². The van der Waals surface area contributed by atoms with E-state index in [1.807, 2.05) is 18.2 Å². The van der Waals surface area contributed by atoms with Gasteiger partial charge in [0.15, 0.2) is 0 Å². The van der Waals surface area contributed by atoms with Gasteiger partial charge in [0.1, 0.15) is 0 Å². The molecule has 0 saturated carbocycles. The minimum Gasteiger partial charge on any atom is -0.193 e. The molecule has 0 aromatic rings. The molecule has 0 amide bonds. The summed E-state index contributed by atoms with van der Waals surface area (Å²) in [5.41, 5.74) is 2.67. The van der Waals surface area contributed by atoms with Crippen LogP contribution in [0.3, 0.4) is 0 Å². The molecular weight excluding hydrogens is 198 g/mol. The predicted molar refractivity (Wildman–Crippen MR) is 55.7 cm³/mol. The second-order valence-corrected chi connectivity index (χ2v) is 2.78. The fraction of sp³-hybridized carbons (Fsp3) is 0.100. The number of azo groups is 1. The van der Waals surface area contributed by atoms with Gasteiger partial charge in [0.05, 0.1) is 11.8 Å². The Kier molecular flexibility index (Phi) is 3.38. The summed E-state index contributed by atoms with van der Waals surface area (Å²) in [4.78, 5) is 0. The van der Waals surface area contributed by atoms with Crippen molar-refractivity contribution in [2.24, 2.45) is 10.2 Å². The topological polar surface area (TPSA) is 48.5 Å². The Bertz CT molecular complexity index is 419. The number of hydrogen-bond donors (Lipinski definition) is 0. The first-order valence-corrected chi connectivity index (χ1v) is 3.98. The van der Waals surface area contributed by atoms with E-state index in [0.29, 0.717) is 6.42 Å². The Hall–Kier alpha value is -1.66. The molecule has 0 radical (unpaired) electrons. The van der Waals surface area contributed by atoms with Crippen LogP contribution in [0.5, 0.6) is 0 Å². The largest absolute Gasteiger partial charge is 0.193 e. The van der Waals surface area contributed by atoms with E-state index in [9.17, 15) is 0 Å². The number of allylic oxidation sites excluding steroid dienone is 6. The van der Waals surface area contributed by atoms with Crippen molar-refractivity contribution in [3.63, 3.8) is 0 Å². The van der Waals surface area contributed by atoms with Gasteiger partial charge in [-0.3, -0.25) is 0 Å². The number of hydrogen-bond acceptors (Lipinski definition) is 3. The predicted octanol–water partition coefficient (Wildman–Crippen LogP) is 3.05. The van der Waals surface area contributed by atoms with Crippen LogP contribution in [0, 0.1) is 11.3 Å². The van der Waals surface area contributed by atoms with E-state index < -0.39 is 0 Å². The van der Waals surface area contributed by atoms with Gasteiger partial charge in [0.2, 0.25) is 0 Å². The van der Waals surface area contributed by atoms with Crippen LogP contribution in [-0.2, 0) is 0 Å². The summed E-state index contributed by atoms with van der Waals surface area (Å²) in [5, 5.41) is 16.5. The summed E-state index contributed by atoms with van der Waals surface area (Å²) >= 11 is 0. The van der Waals surface area contributed by atoms with Crippen LogP contribution in [-0.4, -0.2) is 0 Å². The highest BCUT2D eigenvalue weighted by atomic mass is 35.5. The van der Waals surface area contributed by atoms with E-state index in [-0.39, 0.29) is 12.4 Å². The van der Waals surface area contributed by atoms with Crippen molar-refractivity contribution in [2.75, 3.05) is 0 Å². The Labute approximate surface area is 88.2 Å². The monoisotopic (exact) mass is 205 g/mol. The molecule has 1 aliphatic carbocycles. The fourth-order valence-corrected chi connectivity index (χ4v) is 1.25. The third-order valence-electron chi connectivity index (χ3n) is 1.91. The first kappa shape index (κ1) is 10.4. The van der Waals surface area contributed by atoms with Gasteiger partial charge >= 0.3 is 0 Å². The molecule has 1 heterocycles. The van der Waals surface area contributed by atoms with Crippen LogP contribution in [0.2, 0.25) is 0 Å². The standard InChI is InChI=1S/C10H7N3.ClH/c11-7-8-3-4-10-9(6-8)2-1-5-12-13-10;/h1-5H,6H2;1H. The van der Waals surface area contributed by atoms with Crippen molar-refractivity contribution in [1.29, 1.82) is 5.26 Å². The quantitative estimate of drug-likeness (QED) is 0.600. The summed E-state index contributed by atoms with van der Waals surface area (Å²) in [5.74, 6) is 0. The molecule has 0 unspecified atom stereocenters. The van der Waals surface area contributed by atoms with Crippen LogP contribution in [0.15, 0.2) is 57.6 Å². The molecule has 3 nitrogen and oxygen atoms in total. The number of fused-ring (bicyclic) bond motifs is 1. The van der Waals surface area contributed by atoms with Gasteiger partial charge in [-0.1, -0.05) is 6.08 Å². The van der Waals surface area contributed by atoms with E-state index in [1.54, 1.807) is 12.3 Å². The van der Waals surface area contributed by atoms with Gasteiger partial charge in [0.25, 0.3) is 0 Å². The molecule has 4 heteroatoms. The highest BCUT2D eigenvalue weighted by Gasteiger charge is 2.11. The van der Waals surface area contributed by atoms with Crippen LogP contribution < -0.4 is 0 Å². The highest BCUT2D eigenvalue weighted by Crippen LogP contribution is 2.26. The van der Waals surface area contributed by atoms with E-state index in [0.717, 1.165) is 16.8 Å². The minimum atomic E-state index is 0. The van der Waals surface area contributed by atoms with Crippen molar-refractivity contribution >= 4 is 12.4 Å². The zero-order valence-electron chi connectivity index (χ0n) is 7.34. The second-order valence-electron chi connectivity index (χ2n) is 2.78. The molecule has 2 aliphatic rings. The van der Waals surface area contributed by atoms with E-state index >= 15 is 0 Å². The number of nitriles is 1. The maximum absolute atomic E-state index is 8.70. The summed E-state index contributed by atoms with van der Waals surface area (Å²) in [6, 6.07) is 2.14. The van der Waals surface area contributed by atoms with Crippen molar-refractivity contribution in [1.82, 2.24) is 0 Å². The molecule has 0 fully saturated rings. The third kappa shape index (κ3) is 1.98. The Morgan fingerprint density at radius 3 is 2.93 bits per heavy atom. The van der Waals surface area contributed by atoms with Crippen LogP contribution in [0.4, 0.5) is 0 Å². The van der Waals surface area contributed by atoms with E-state index in [4.69, 9.17) is 5.26 Å². The van der Waals surface area contributed by atoms with Crippen molar-refractivity contribution in [3.05, 3.63) is 47.3 Å². The van der Waals surface area contributed by atoms with Crippen molar-refractivity contribution < 1.29 is 0 Å². The summed E-state index contributed by atoms with van der Waals surface area (Å²) in [6.45, 7) is 0. The van der Waals surface area contributed by atoms with Gasteiger partial charge in [-0.25, -0.2) is 0 Å². The molecular formula is C10H8ClN3. The smallest absolute Gasteiger partial charge is 0.0950 e.